The second kappa shape index (κ2) is 10.8. The van der Waals surface area contributed by atoms with Gasteiger partial charge in [0, 0.05) is 37.3 Å². The van der Waals surface area contributed by atoms with Gasteiger partial charge in [-0.25, -0.2) is 4.98 Å². The number of nitrogens with zero attached hydrogens (tertiary/aromatic N) is 3. The molecule has 0 aliphatic rings. The number of hydrogen-bond donors (Lipinski definition) is 1. The molecule has 1 aromatic carbocycles. The Morgan fingerprint density at radius 2 is 2.17 bits per heavy atom. The number of amides is 2. The van der Waals surface area contributed by atoms with Crippen molar-refractivity contribution in [2.75, 3.05) is 31.6 Å². The number of non-ortho nitro benzene ring substituents is 1. The van der Waals surface area contributed by atoms with E-state index in [4.69, 9.17) is 16.3 Å². The number of ether oxygens (including phenoxy) is 1. The van der Waals surface area contributed by atoms with Gasteiger partial charge in [-0.1, -0.05) is 11.6 Å². The number of carbonyl (C=O) groups is 2. The molecule has 0 unspecified atom stereocenters. The Kier molecular flexibility index (Phi) is 8.50. The maximum atomic E-state index is 12.9. The van der Waals surface area contributed by atoms with Gasteiger partial charge in [0.15, 0.2) is 5.13 Å². The number of halogens is 1. The number of aryl methyl sites for hydroxylation is 1. The van der Waals surface area contributed by atoms with Crippen LogP contribution in [0.3, 0.4) is 0 Å². The van der Waals surface area contributed by atoms with Gasteiger partial charge in [-0.15, -0.1) is 11.3 Å². The SMILES string of the molecule is CCOCCCN(CC(=O)Nc1nc(C)cs1)C(=O)c1ccc([N+](=O)[O-])cc1Cl. The van der Waals surface area contributed by atoms with Crippen LogP contribution in [0.5, 0.6) is 0 Å². The first-order valence-corrected chi connectivity index (χ1v) is 10.1. The molecule has 0 aliphatic carbocycles. The minimum atomic E-state index is -0.594. The third-order valence-corrected chi connectivity index (χ3v) is 4.99. The molecule has 0 bridgehead atoms. The molecule has 2 amide bonds. The smallest absolute Gasteiger partial charge is 0.270 e. The van der Waals surface area contributed by atoms with Gasteiger partial charge in [-0.05, 0) is 26.3 Å². The monoisotopic (exact) mass is 440 g/mol. The van der Waals surface area contributed by atoms with Crippen molar-refractivity contribution in [3.63, 3.8) is 0 Å². The van der Waals surface area contributed by atoms with Crippen LogP contribution in [0.4, 0.5) is 10.8 Å². The molecule has 0 atom stereocenters. The fourth-order valence-electron chi connectivity index (χ4n) is 2.46. The zero-order chi connectivity index (χ0) is 21.4. The van der Waals surface area contributed by atoms with E-state index in [0.29, 0.717) is 24.8 Å². The molecule has 0 fully saturated rings. The first-order valence-electron chi connectivity index (χ1n) is 8.84. The Hall–Kier alpha value is -2.56. The lowest BCUT2D eigenvalue weighted by Gasteiger charge is -2.22. The standard InChI is InChI=1S/C18H21ClN4O5S/c1-3-28-8-4-7-22(10-16(24)21-18-20-12(2)11-29-18)17(25)14-6-5-13(23(26)27)9-15(14)19/h5-6,9,11H,3-4,7-8,10H2,1-2H3,(H,20,21,24). The lowest BCUT2D eigenvalue weighted by Crippen LogP contribution is -2.39. The Morgan fingerprint density at radius 3 is 2.76 bits per heavy atom. The van der Waals surface area contributed by atoms with Crippen LogP contribution >= 0.6 is 22.9 Å². The normalized spacial score (nSPS) is 10.6. The molecule has 2 aromatic rings. The number of anilines is 1. The number of hydrogen-bond acceptors (Lipinski definition) is 7. The molecule has 1 N–H and O–H groups in total. The summed E-state index contributed by atoms with van der Waals surface area (Å²) in [5, 5.41) is 15.7. The molecule has 0 spiro atoms. The van der Waals surface area contributed by atoms with Crippen molar-refractivity contribution in [3.05, 3.63) is 50.0 Å². The summed E-state index contributed by atoms with van der Waals surface area (Å²) in [5.74, 6) is -0.894. The van der Waals surface area contributed by atoms with Gasteiger partial charge in [0.2, 0.25) is 5.91 Å². The quantitative estimate of drug-likeness (QED) is 0.343. The van der Waals surface area contributed by atoms with Crippen molar-refractivity contribution in [1.29, 1.82) is 0 Å². The summed E-state index contributed by atoms with van der Waals surface area (Å²) < 4.78 is 5.29. The summed E-state index contributed by atoms with van der Waals surface area (Å²) in [6.45, 7) is 4.70. The zero-order valence-corrected chi connectivity index (χ0v) is 17.6. The highest BCUT2D eigenvalue weighted by molar-refractivity contribution is 7.13. The molecule has 29 heavy (non-hydrogen) atoms. The largest absolute Gasteiger partial charge is 0.382 e. The molecule has 0 radical (unpaired) electrons. The van der Waals surface area contributed by atoms with Crippen LogP contribution in [0.1, 0.15) is 29.4 Å². The van der Waals surface area contributed by atoms with Crippen molar-refractivity contribution in [2.24, 2.45) is 0 Å². The number of rotatable bonds is 10. The Balaban J connectivity index is 2.14. The molecule has 1 heterocycles. The second-order valence-corrected chi connectivity index (χ2v) is 7.31. The molecule has 11 heteroatoms. The van der Waals surface area contributed by atoms with Gasteiger partial charge in [0.1, 0.15) is 6.54 Å². The van der Waals surface area contributed by atoms with Crippen LogP contribution < -0.4 is 5.32 Å². The number of aromatic nitrogens is 1. The number of thiazole rings is 1. The van der Waals surface area contributed by atoms with Crippen LogP contribution in [0.2, 0.25) is 5.02 Å². The van der Waals surface area contributed by atoms with E-state index in [0.717, 1.165) is 11.8 Å². The van der Waals surface area contributed by atoms with Gasteiger partial charge in [0.05, 0.1) is 21.2 Å². The van der Waals surface area contributed by atoms with E-state index in [1.165, 1.54) is 28.4 Å². The number of nitro groups is 1. The molecular formula is C18H21ClN4O5S. The summed E-state index contributed by atoms with van der Waals surface area (Å²) in [5.41, 5.74) is 0.658. The highest BCUT2D eigenvalue weighted by Gasteiger charge is 2.23. The minimum absolute atomic E-state index is 0.0463. The van der Waals surface area contributed by atoms with Crippen molar-refractivity contribution < 1.29 is 19.2 Å². The first-order chi connectivity index (χ1) is 13.8. The van der Waals surface area contributed by atoms with Gasteiger partial charge in [-0.3, -0.25) is 19.7 Å². The van der Waals surface area contributed by atoms with Crippen molar-refractivity contribution in [3.8, 4) is 0 Å². The third kappa shape index (κ3) is 6.77. The molecular weight excluding hydrogens is 420 g/mol. The van der Waals surface area contributed by atoms with Gasteiger partial charge in [-0.2, -0.15) is 0 Å². The van der Waals surface area contributed by atoms with Crippen molar-refractivity contribution >= 4 is 45.6 Å². The maximum Gasteiger partial charge on any atom is 0.270 e. The summed E-state index contributed by atoms with van der Waals surface area (Å²) >= 11 is 7.37. The fourth-order valence-corrected chi connectivity index (χ4v) is 3.42. The average Bonchev–Trinajstić information content (AvgIpc) is 3.08. The first kappa shape index (κ1) is 22.7. The number of benzene rings is 1. The number of nitrogens with one attached hydrogen (secondary N) is 1. The van der Waals surface area contributed by atoms with Gasteiger partial charge in [0.25, 0.3) is 11.6 Å². The summed E-state index contributed by atoms with van der Waals surface area (Å²) in [6, 6.07) is 3.61. The second-order valence-electron chi connectivity index (χ2n) is 6.04. The van der Waals surface area contributed by atoms with Crippen molar-refractivity contribution in [1.82, 2.24) is 9.88 Å². The van der Waals surface area contributed by atoms with Crippen molar-refractivity contribution in [2.45, 2.75) is 20.3 Å². The van der Waals surface area contributed by atoms with Gasteiger partial charge < -0.3 is 15.0 Å². The fraction of sp³-hybridized carbons (Fsp3) is 0.389. The molecule has 9 nitrogen and oxygen atoms in total. The zero-order valence-electron chi connectivity index (χ0n) is 16.0. The molecule has 0 saturated heterocycles. The van der Waals surface area contributed by atoms with E-state index in [1.807, 2.05) is 13.8 Å². The van der Waals surface area contributed by atoms with Crippen LogP contribution in [0, 0.1) is 17.0 Å². The van der Waals surface area contributed by atoms with Crippen LogP contribution in [0.15, 0.2) is 23.6 Å². The van der Waals surface area contributed by atoms with E-state index in [-0.39, 0.29) is 29.4 Å². The summed E-state index contributed by atoms with van der Waals surface area (Å²) in [6.07, 6.45) is 0.522. The van der Waals surface area contributed by atoms with E-state index >= 15 is 0 Å². The predicted octanol–water partition coefficient (Wildman–Crippen LogP) is 3.52. The lowest BCUT2D eigenvalue weighted by atomic mass is 10.1. The highest BCUT2D eigenvalue weighted by Crippen LogP contribution is 2.24. The van der Waals surface area contributed by atoms with E-state index in [1.54, 1.807) is 5.38 Å². The molecule has 0 aliphatic heterocycles. The van der Waals surface area contributed by atoms with E-state index < -0.39 is 16.7 Å². The summed E-state index contributed by atoms with van der Waals surface area (Å²) in [4.78, 5) is 41.1. The summed E-state index contributed by atoms with van der Waals surface area (Å²) in [7, 11) is 0. The van der Waals surface area contributed by atoms with Crippen LogP contribution in [-0.2, 0) is 9.53 Å². The van der Waals surface area contributed by atoms with E-state index in [9.17, 15) is 19.7 Å². The average molecular weight is 441 g/mol. The topological polar surface area (TPSA) is 115 Å². The predicted molar refractivity (Wildman–Crippen MR) is 111 cm³/mol. The van der Waals surface area contributed by atoms with E-state index in [2.05, 4.69) is 10.3 Å². The number of nitro benzene ring substituents is 1. The lowest BCUT2D eigenvalue weighted by molar-refractivity contribution is -0.384. The van der Waals surface area contributed by atoms with Crippen LogP contribution in [-0.4, -0.2) is 52.9 Å². The highest BCUT2D eigenvalue weighted by atomic mass is 35.5. The number of carbonyl (C=O) groups excluding carboxylic acids is 2. The Labute approximate surface area is 176 Å². The Morgan fingerprint density at radius 1 is 1.41 bits per heavy atom. The van der Waals surface area contributed by atoms with Crippen LogP contribution in [0.25, 0.3) is 0 Å². The molecule has 2 rings (SSSR count). The van der Waals surface area contributed by atoms with Gasteiger partial charge >= 0.3 is 0 Å². The molecule has 1 aromatic heterocycles. The third-order valence-electron chi connectivity index (χ3n) is 3.80. The minimum Gasteiger partial charge on any atom is -0.382 e. The molecule has 0 saturated carbocycles. The maximum absolute atomic E-state index is 12.9. The Bertz CT molecular complexity index is 889. The molecule has 156 valence electrons.